The van der Waals surface area contributed by atoms with Crippen LogP contribution in [-0.2, 0) is 6.54 Å². The SMILES string of the molecule is CCNC(=NCc1nc(C)c(C)o1)NCC(C)C.I. The van der Waals surface area contributed by atoms with Crippen LogP contribution in [0.3, 0.4) is 0 Å². The minimum absolute atomic E-state index is 0. The molecule has 0 saturated carbocycles. The third-order valence-electron chi connectivity index (χ3n) is 2.47. The number of aryl methyl sites for hydroxylation is 2. The van der Waals surface area contributed by atoms with E-state index in [0.717, 1.165) is 30.5 Å². The molecule has 1 heterocycles. The first-order valence-corrected chi connectivity index (χ1v) is 6.48. The number of hydrogen-bond donors (Lipinski definition) is 2. The van der Waals surface area contributed by atoms with Crippen LogP contribution in [0.2, 0.25) is 0 Å². The molecular formula is C13H25IN4O. The summed E-state index contributed by atoms with van der Waals surface area (Å²) in [5, 5.41) is 6.48. The number of hydrogen-bond acceptors (Lipinski definition) is 3. The van der Waals surface area contributed by atoms with Crippen LogP contribution in [0.4, 0.5) is 0 Å². The van der Waals surface area contributed by atoms with E-state index in [2.05, 4.69) is 34.5 Å². The lowest BCUT2D eigenvalue weighted by molar-refractivity contribution is 0.472. The number of rotatable bonds is 5. The van der Waals surface area contributed by atoms with E-state index in [4.69, 9.17) is 4.42 Å². The predicted octanol–water partition coefficient (Wildman–Crippen LogP) is 2.62. The molecule has 0 saturated heterocycles. The quantitative estimate of drug-likeness (QED) is 0.468. The van der Waals surface area contributed by atoms with E-state index in [9.17, 15) is 0 Å². The van der Waals surface area contributed by atoms with E-state index in [0.29, 0.717) is 18.4 Å². The Balaban J connectivity index is 0.00000324. The predicted molar refractivity (Wildman–Crippen MR) is 89.0 cm³/mol. The number of nitrogens with zero attached hydrogens (tertiary/aromatic N) is 2. The largest absolute Gasteiger partial charge is 0.444 e. The Kier molecular flexibility index (Phi) is 8.79. The Bertz CT molecular complexity index is 382. The maximum atomic E-state index is 5.49. The second-order valence-corrected chi connectivity index (χ2v) is 4.72. The summed E-state index contributed by atoms with van der Waals surface area (Å²) in [4.78, 5) is 8.76. The van der Waals surface area contributed by atoms with Crippen LogP contribution in [0.5, 0.6) is 0 Å². The molecule has 0 aliphatic rings. The molecule has 0 atom stereocenters. The Morgan fingerprint density at radius 3 is 2.47 bits per heavy atom. The Hall–Kier alpha value is -0.790. The van der Waals surface area contributed by atoms with Crippen molar-refractivity contribution in [2.24, 2.45) is 10.9 Å². The van der Waals surface area contributed by atoms with Gasteiger partial charge in [0.25, 0.3) is 0 Å². The summed E-state index contributed by atoms with van der Waals surface area (Å²) in [6.45, 7) is 12.4. The molecule has 110 valence electrons. The summed E-state index contributed by atoms with van der Waals surface area (Å²) >= 11 is 0. The van der Waals surface area contributed by atoms with E-state index < -0.39 is 0 Å². The van der Waals surface area contributed by atoms with Crippen LogP contribution in [0.25, 0.3) is 0 Å². The van der Waals surface area contributed by atoms with Gasteiger partial charge in [-0.15, -0.1) is 24.0 Å². The van der Waals surface area contributed by atoms with Gasteiger partial charge in [-0.1, -0.05) is 13.8 Å². The van der Waals surface area contributed by atoms with Crippen LogP contribution in [0.1, 0.15) is 38.1 Å². The number of guanidine groups is 1. The van der Waals surface area contributed by atoms with E-state index in [-0.39, 0.29) is 24.0 Å². The fourth-order valence-electron chi connectivity index (χ4n) is 1.40. The van der Waals surface area contributed by atoms with Crippen molar-refractivity contribution in [3.8, 4) is 0 Å². The lowest BCUT2D eigenvalue weighted by Gasteiger charge is -2.12. The summed E-state index contributed by atoms with van der Waals surface area (Å²) in [6, 6.07) is 0. The zero-order valence-electron chi connectivity index (χ0n) is 12.4. The molecule has 1 aromatic heterocycles. The van der Waals surface area contributed by atoms with Crippen molar-refractivity contribution < 1.29 is 4.42 Å². The van der Waals surface area contributed by atoms with Crippen molar-refractivity contribution >= 4 is 29.9 Å². The monoisotopic (exact) mass is 380 g/mol. The molecule has 0 spiro atoms. The fourth-order valence-corrected chi connectivity index (χ4v) is 1.40. The molecule has 19 heavy (non-hydrogen) atoms. The van der Waals surface area contributed by atoms with Crippen LogP contribution >= 0.6 is 24.0 Å². The Labute approximate surface area is 132 Å². The average molecular weight is 380 g/mol. The minimum atomic E-state index is 0. The number of aliphatic imine (C=N–C) groups is 1. The van der Waals surface area contributed by atoms with Gasteiger partial charge in [0.1, 0.15) is 12.3 Å². The molecule has 5 nitrogen and oxygen atoms in total. The highest BCUT2D eigenvalue weighted by molar-refractivity contribution is 14.0. The van der Waals surface area contributed by atoms with E-state index in [1.807, 2.05) is 20.8 Å². The van der Waals surface area contributed by atoms with Gasteiger partial charge in [0.15, 0.2) is 5.96 Å². The van der Waals surface area contributed by atoms with E-state index >= 15 is 0 Å². The molecule has 1 rings (SSSR count). The lowest BCUT2D eigenvalue weighted by atomic mass is 10.2. The van der Waals surface area contributed by atoms with Crippen molar-refractivity contribution in [2.45, 2.75) is 41.2 Å². The summed E-state index contributed by atoms with van der Waals surface area (Å²) in [5.41, 5.74) is 0.931. The van der Waals surface area contributed by atoms with Crippen molar-refractivity contribution in [1.29, 1.82) is 0 Å². The maximum Gasteiger partial charge on any atom is 0.216 e. The van der Waals surface area contributed by atoms with Crippen molar-refractivity contribution in [2.75, 3.05) is 13.1 Å². The van der Waals surface area contributed by atoms with Crippen LogP contribution < -0.4 is 10.6 Å². The first kappa shape index (κ1) is 18.2. The molecule has 0 unspecified atom stereocenters. The lowest BCUT2D eigenvalue weighted by Crippen LogP contribution is -2.39. The first-order chi connectivity index (χ1) is 8.52. The third kappa shape index (κ3) is 6.79. The second-order valence-electron chi connectivity index (χ2n) is 4.72. The number of oxazole rings is 1. The van der Waals surface area contributed by atoms with E-state index in [1.165, 1.54) is 0 Å². The van der Waals surface area contributed by atoms with Gasteiger partial charge < -0.3 is 15.1 Å². The smallest absolute Gasteiger partial charge is 0.216 e. The zero-order chi connectivity index (χ0) is 13.5. The Morgan fingerprint density at radius 2 is 2.00 bits per heavy atom. The van der Waals surface area contributed by atoms with Gasteiger partial charge in [0.2, 0.25) is 5.89 Å². The third-order valence-corrected chi connectivity index (χ3v) is 2.47. The first-order valence-electron chi connectivity index (χ1n) is 6.48. The molecule has 0 aromatic carbocycles. The number of halogens is 1. The highest BCUT2D eigenvalue weighted by atomic mass is 127. The molecule has 6 heteroatoms. The molecule has 0 bridgehead atoms. The van der Waals surface area contributed by atoms with Gasteiger partial charge in [-0.3, -0.25) is 0 Å². The molecule has 0 aliphatic heterocycles. The summed E-state index contributed by atoms with van der Waals surface area (Å²) in [6.07, 6.45) is 0. The zero-order valence-corrected chi connectivity index (χ0v) is 14.7. The van der Waals surface area contributed by atoms with Gasteiger partial charge in [0.05, 0.1) is 5.69 Å². The minimum Gasteiger partial charge on any atom is -0.444 e. The van der Waals surface area contributed by atoms with Gasteiger partial charge in [0, 0.05) is 13.1 Å². The van der Waals surface area contributed by atoms with Crippen molar-refractivity contribution in [1.82, 2.24) is 15.6 Å². The highest BCUT2D eigenvalue weighted by Gasteiger charge is 2.05. The summed E-state index contributed by atoms with van der Waals surface area (Å²) < 4.78 is 5.49. The normalized spacial score (nSPS) is 11.4. The van der Waals surface area contributed by atoms with Gasteiger partial charge in [-0.05, 0) is 26.7 Å². The summed E-state index contributed by atoms with van der Waals surface area (Å²) in [7, 11) is 0. The molecule has 0 fully saturated rings. The molecule has 2 N–H and O–H groups in total. The standard InChI is InChI=1S/C13H24N4O.HI/c1-6-14-13(15-7-9(2)3)16-8-12-17-10(4)11(5)18-12;/h9H,6-8H2,1-5H3,(H2,14,15,16);1H. The van der Waals surface area contributed by atoms with Crippen LogP contribution in [0, 0.1) is 19.8 Å². The number of aromatic nitrogens is 1. The van der Waals surface area contributed by atoms with E-state index in [1.54, 1.807) is 0 Å². The van der Waals surface area contributed by atoms with Gasteiger partial charge >= 0.3 is 0 Å². The molecular weight excluding hydrogens is 355 g/mol. The highest BCUT2D eigenvalue weighted by Crippen LogP contribution is 2.08. The molecule has 0 aliphatic carbocycles. The average Bonchev–Trinajstić information content (AvgIpc) is 2.62. The van der Waals surface area contributed by atoms with Gasteiger partial charge in [-0.25, -0.2) is 9.98 Å². The van der Waals surface area contributed by atoms with Crippen molar-refractivity contribution in [3.05, 3.63) is 17.3 Å². The van der Waals surface area contributed by atoms with Crippen molar-refractivity contribution in [3.63, 3.8) is 0 Å². The number of nitrogens with one attached hydrogen (secondary N) is 2. The topological polar surface area (TPSA) is 62.5 Å². The van der Waals surface area contributed by atoms with Gasteiger partial charge in [-0.2, -0.15) is 0 Å². The Morgan fingerprint density at radius 1 is 1.32 bits per heavy atom. The maximum absolute atomic E-state index is 5.49. The molecule has 0 radical (unpaired) electrons. The fraction of sp³-hybridized carbons (Fsp3) is 0.692. The summed E-state index contributed by atoms with van der Waals surface area (Å²) in [5.74, 6) is 2.91. The molecule has 1 aromatic rings. The second kappa shape index (κ2) is 9.17. The van der Waals surface area contributed by atoms with Crippen LogP contribution in [0.15, 0.2) is 9.41 Å². The molecule has 0 amide bonds. The van der Waals surface area contributed by atoms with Crippen LogP contribution in [-0.4, -0.2) is 24.0 Å².